The Morgan fingerprint density at radius 2 is 2.00 bits per heavy atom. The highest BCUT2D eigenvalue weighted by molar-refractivity contribution is 5.75. The van der Waals surface area contributed by atoms with E-state index in [1.807, 2.05) is 32.7 Å². The first kappa shape index (κ1) is 12.2. The molecule has 0 aromatic heterocycles. The molecule has 4 nitrogen and oxygen atoms in total. The Hall–Kier alpha value is -0.770. The van der Waals surface area contributed by atoms with Gasteiger partial charge in [-0.05, 0) is 13.8 Å². The summed E-state index contributed by atoms with van der Waals surface area (Å²) in [6.45, 7) is 9.00. The average molecular weight is 188 g/mol. The van der Waals surface area contributed by atoms with Gasteiger partial charge in [-0.3, -0.25) is 9.64 Å². The van der Waals surface area contributed by atoms with Crippen LogP contribution in [0.1, 0.15) is 20.8 Å². The van der Waals surface area contributed by atoms with Gasteiger partial charge in [-0.15, -0.1) is 0 Å². The fourth-order valence-electron chi connectivity index (χ4n) is 0.959. The fourth-order valence-corrected chi connectivity index (χ4v) is 0.959. The third-order valence-electron chi connectivity index (χ3n) is 1.96. The molecule has 0 amide bonds. The molecule has 13 heavy (non-hydrogen) atoms. The van der Waals surface area contributed by atoms with E-state index in [0.717, 1.165) is 30.3 Å². The van der Waals surface area contributed by atoms with Crippen molar-refractivity contribution in [2.24, 2.45) is 0 Å². The molecule has 0 aromatic rings. The summed E-state index contributed by atoms with van der Waals surface area (Å²) in [6, 6.07) is 0. The van der Waals surface area contributed by atoms with Crippen LogP contribution in [0, 0.1) is 5.21 Å². The Morgan fingerprint density at radius 3 is 2.08 bits per heavy atom. The minimum Gasteiger partial charge on any atom is -0.715 e. The van der Waals surface area contributed by atoms with Crippen LogP contribution in [0.15, 0.2) is 0 Å². The first-order valence-electron chi connectivity index (χ1n) is 4.70. The van der Waals surface area contributed by atoms with Crippen molar-refractivity contribution in [1.29, 1.82) is 0 Å². The minimum atomic E-state index is 0.627. The van der Waals surface area contributed by atoms with E-state index in [1.54, 1.807) is 0 Å². The summed E-state index contributed by atoms with van der Waals surface area (Å²) in [5.74, 6) is 0.824. The number of hydrogen-bond acceptors (Lipinski definition) is 3. The molecule has 0 aliphatic carbocycles. The highest BCUT2D eigenvalue weighted by Gasteiger charge is 2.16. The van der Waals surface area contributed by atoms with Gasteiger partial charge in [0, 0.05) is 20.1 Å². The lowest BCUT2D eigenvalue weighted by Gasteiger charge is -2.02. The third kappa shape index (κ3) is 4.72. The normalized spacial score (nSPS) is 15.8. The Labute approximate surface area is 80.4 Å². The predicted molar refractivity (Wildman–Crippen MR) is 54.0 cm³/mol. The number of amidine groups is 1. The molecule has 0 aromatic carbocycles. The van der Waals surface area contributed by atoms with Crippen LogP contribution in [0.25, 0.3) is 0 Å². The maximum atomic E-state index is 10.6. The molecule has 1 aliphatic heterocycles. The molecule has 0 saturated carbocycles. The van der Waals surface area contributed by atoms with Gasteiger partial charge in [0.15, 0.2) is 0 Å². The topological polar surface area (TPSA) is 38.5 Å². The van der Waals surface area contributed by atoms with Gasteiger partial charge in [0.1, 0.15) is 13.1 Å². The molecule has 1 heterocycles. The molecule has 0 atom stereocenters. The van der Waals surface area contributed by atoms with Crippen molar-refractivity contribution >= 4 is 5.84 Å². The SMILES string of the molecule is CC1=[N+]([O-])CCN1C.CCOCC. The summed E-state index contributed by atoms with van der Waals surface area (Å²) in [7, 11) is 1.92. The lowest BCUT2D eigenvalue weighted by Crippen LogP contribution is -2.20. The van der Waals surface area contributed by atoms with E-state index >= 15 is 0 Å². The number of rotatable bonds is 2. The average Bonchev–Trinajstić information content (AvgIpc) is 2.39. The quantitative estimate of drug-likeness (QED) is 0.477. The number of ether oxygens (including phenoxy) is 1. The van der Waals surface area contributed by atoms with Crippen molar-refractivity contribution in [3.8, 4) is 0 Å². The van der Waals surface area contributed by atoms with Crippen LogP contribution in [-0.4, -0.2) is 48.8 Å². The van der Waals surface area contributed by atoms with Crippen molar-refractivity contribution in [3.63, 3.8) is 0 Å². The molecule has 4 heteroatoms. The van der Waals surface area contributed by atoms with Gasteiger partial charge in [-0.2, -0.15) is 0 Å². The van der Waals surface area contributed by atoms with Gasteiger partial charge in [0.2, 0.25) is 5.84 Å². The lowest BCUT2D eigenvalue weighted by molar-refractivity contribution is -0.446. The standard InChI is InChI=1S/C5H10N2O.C4H10O/c1-5-6(2)3-4-7(5)8;1-3-5-4-2/h3-4H2,1-2H3;3-4H2,1-2H3. The molecule has 1 rings (SSSR count). The summed E-state index contributed by atoms with van der Waals surface area (Å²) in [6.07, 6.45) is 0. The molecular weight excluding hydrogens is 168 g/mol. The van der Waals surface area contributed by atoms with E-state index in [-0.39, 0.29) is 0 Å². The van der Waals surface area contributed by atoms with Gasteiger partial charge in [0.05, 0.1) is 7.05 Å². The smallest absolute Gasteiger partial charge is 0.246 e. The van der Waals surface area contributed by atoms with Gasteiger partial charge < -0.3 is 9.94 Å². The molecule has 1 aliphatic rings. The molecule has 0 spiro atoms. The Bertz CT molecular complexity index is 167. The maximum absolute atomic E-state index is 10.6. The third-order valence-corrected chi connectivity index (χ3v) is 1.96. The van der Waals surface area contributed by atoms with Crippen molar-refractivity contribution in [3.05, 3.63) is 5.21 Å². The lowest BCUT2D eigenvalue weighted by atomic mass is 10.6. The number of hydroxylamine groups is 1. The van der Waals surface area contributed by atoms with Crippen LogP contribution >= 0.6 is 0 Å². The van der Waals surface area contributed by atoms with Gasteiger partial charge in [0.25, 0.3) is 0 Å². The van der Waals surface area contributed by atoms with E-state index in [2.05, 4.69) is 0 Å². The predicted octanol–water partition coefficient (Wildman–Crippen LogP) is 0.903. The van der Waals surface area contributed by atoms with Crippen LogP contribution < -0.4 is 0 Å². The first-order valence-corrected chi connectivity index (χ1v) is 4.70. The van der Waals surface area contributed by atoms with Crippen molar-refractivity contribution in [2.75, 3.05) is 33.4 Å². The summed E-state index contributed by atoms with van der Waals surface area (Å²) < 4.78 is 5.85. The number of likely N-dealkylation sites (N-methyl/N-ethyl adjacent to an activating group) is 1. The Balaban J connectivity index is 0.000000252. The highest BCUT2D eigenvalue weighted by Crippen LogP contribution is 1.94. The molecule has 0 saturated heterocycles. The molecule has 0 unspecified atom stereocenters. The Morgan fingerprint density at radius 1 is 1.46 bits per heavy atom. The van der Waals surface area contributed by atoms with Crippen LogP contribution in [0.5, 0.6) is 0 Å². The molecule has 0 fully saturated rings. The van der Waals surface area contributed by atoms with E-state index in [1.165, 1.54) is 0 Å². The molecular formula is C9H20N2O2. The number of nitrogens with zero attached hydrogens (tertiary/aromatic N) is 2. The zero-order valence-electron chi connectivity index (χ0n) is 9.04. The highest BCUT2D eigenvalue weighted by atomic mass is 16.5. The zero-order chi connectivity index (χ0) is 10.3. The van der Waals surface area contributed by atoms with Crippen molar-refractivity contribution in [2.45, 2.75) is 20.8 Å². The molecule has 78 valence electrons. The van der Waals surface area contributed by atoms with Crippen LogP contribution in [-0.2, 0) is 4.74 Å². The van der Waals surface area contributed by atoms with E-state index in [0.29, 0.717) is 6.54 Å². The largest absolute Gasteiger partial charge is 0.715 e. The minimum absolute atomic E-state index is 0.627. The summed E-state index contributed by atoms with van der Waals surface area (Å²) in [5.41, 5.74) is 0. The molecule has 0 bridgehead atoms. The van der Waals surface area contributed by atoms with Gasteiger partial charge >= 0.3 is 0 Å². The summed E-state index contributed by atoms with van der Waals surface area (Å²) in [4.78, 5) is 1.95. The van der Waals surface area contributed by atoms with Gasteiger partial charge in [-0.1, -0.05) is 0 Å². The zero-order valence-corrected chi connectivity index (χ0v) is 9.04. The van der Waals surface area contributed by atoms with Crippen LogP contribution in [0.4, 0.5) is 0 Å². The van der Waals surface area contributed by atoms with Crippen molar-refractivity contribution in [1.82, 2.24) is 4.90 Å². The maximum Gasteiger partial charge on any atom is 0.246 e. The van der Waals surface area contributed by atoms with Crippen molar-refractivity contribution < 1.29 is 9.48 Å². The second-order valence-electron chi connectivity index (χ2n) is 2.85. The Kier molecular flexibility index (Phi) is 6.32. The van der Waals surface area contributed by atoms with Crippen LogP contribution in [0.2, 0.25) is 0 Å². The van der Waals surface area contributed by atoms with E-state index in [4.69, 9.17) is 4.74 Å². The monoisotopic (exact) mass is 188 g/mol. The summed E-state index contributed by atoms with van der Waals surface area (Å²) in [5, 5.41) is 10.6. The second-order valence-corrected chi connectivity index (χ2v) is 2.85. The van der Waals surface area contributed by atoms with Crippen LogP contribution in [0.3, 0.4) is 0 Å². The second kappa shape index (κ2) is 6.71. The molecule has 0 N–H and O–H groups in total. The van der Waals surface area contributed by atoms with E-state index < -0.39 is 0 Å². The van der Waals surface area contributed by atoms with E-state index in [9.17, 15) is 5.21 Å². The molecule has 0 radical (unpaired) electrons. The first-order chi connectivity index (χ1) is 6.13. The fraction of sp³-hybridized carbons (Fsp3) is 0.889. The summed E-state index contributed by atoms with van der Waals surface area (Å²) >= 11 is 0. The van der Waals surface area contributed by atoms with Gasteiger partial charge in [-0.25, -0.2) is 0 Å². The number of hydrogen-bond donors (Lipinski definition) is 0.